The van der Waals surface area contributed by atoms with Crippen molar-refractivity contribution < 1.29 is 4.79 Å². The van der Waals surface area contributed by atoms with E-state index in [9.17, 15) is 4.79 Å². The first kappa shape index (κ1) is 12.9. The second-order valence-corrected chi connectivity index (χ2v) is 5.78. The van der Waals surface area contributed by atoms with Crippen LogP contribution in [0.4, 0.5) is 5.13 Å². The number of thiazole rings is 1. The number of carbonyl (C=O) groups is 1. The third kappa shape index (κ3) is 2.20. The van der Waals surface area contributed by atoms with Gasteiger partial charge in [-0.05, 0) is 38.5 Å². The highest BCUT2D eigenvalue weighted by atomic mass is 32.1. The van der Waals surface area contributed by atoms with Gasteiger partial charge in [0, 0.05) is 16.3 Å². The van der Waals surface area contributed by atoms with Gasteiger partial charge >= 0.3 is 0 Å². The molecule has 0 saturated carbocycles. The Bertz CT molecular complexity index is 801. The van der Waals surface area contributed by atoms with E-state index in [4.69, 9.17) is 0 Å². The first-order valence-corrected chi connectivity index (χ1v) is 7.25. The molecular weight excluding hydrogens is 270 g/mol. The lowest BCUT2D eigenvalue weighted by Gasteiger charge is -2.00. The summed E-state index contributed by atoms with van der Waals surface area (Å²) >= 11 is 1.43. The molecule has 3 aromatic rings. The fourth-order valence-corrected chi connectivity index (χ4v) is 2.92. The molecule has 20 heavy (non-hydrogen) atoms. The first-order chi connectivity index (χ1) is 9.54. The van der Waals surface area contributed by atoms with Crippen LogP contribution in [0.25, 0.3) is 10.9 Å². The number of aryl methyl sites for hydroxylation is 3. The van der Waals surface area contributed by atoms with E-state index in [2.05, 4.69) is 21.4 Å². The van der Waals surface area contributed by atoms with Crippen LogP contribution in [0.3, 0.4) is 0 Å². The van der Waals surface area contributed by atoms with Crippen molar-refractivity contribution in [2.45, 2.75) is 20.8 Å². The number of amides is 1. The van der Waals surface area contributed by atoms with E-state index >= 15 is 0 Å². The number of fused-ring (bicyclic) bond motifs is 1. The number of benzene rings is 1. The van der Waals surface area contributed by atoms with E-state index in [1.165, 1.54) is 16.9 Å². The van der Waals surface area contributed by atoms with E-state index in [1.54, 1.807) is 0 Å². The zero-order valence-electron chi connectivity index (χ0n) is 11.6. The van der Waals surface area contributed by atoms with Gasteiger partial charge in [0.2, 0.25) is 0 Å². The molecule has 0 bridgehead atoms. The maximum Gasteiger partial charge on any atom is 0.274 e. The van der Waals surface area contributed by atoms with Gasteiger partial charge in [-0.15, -0.1) is 11.3 Å². The van der Waals surface area contributed by atoms with Crippen LogP contribution in [0.15, 0.2) is 23.6 Å². The van der Waals surface area contributed by atoms with Gasteiger partial charge in [-0.1, -0.05) is 11.6 Å². The smallest absolute Gasteiger partial charge is 0.274 e. The van der Waals surface area contributed by atoms with Crippen LogP contribution < -0.4 is 5.32 Å². The molecule has 0 aliphatic rings. The largest absolute Gasteiger partial charge is 0.350 e. The quantitative estimate of drug-likeness (QED) is 0.752. The fourth-order valence-electron chi connectivity index (χ4n) is 2.24. The maximum atomic E-state index is 12.3. The van der Waals surface area contributed by atoms with Gasteiger partial charge in [0.1, 0.15) is 5.69 Å². The van der Waals surface area contributed by atoms with Crippen molar-refractivity contribution in [1.82, 2.24) is 9.97 Å². The Hall–Kier alpha value is -2.14. The number of nitrogens with zero attached hydrogens (tertiary/aromatic N) is 1. The molecule has 102 valence electrons. The van der Waals surface area contributed by atoms with E-state index in [0.717, 1.165) is 22.2 Å². The lowest BCUT2D eigenvalue weighted by Crippen LogP contribution is -2.13. The van der Waals surface area contributed by atoms with E-state index in [-0.39, 0.29) is 5.91 Å². The van der Waals surface area contributed by atoms with Crippen LogP contribution in [-0.2, 0) is 0 Å². The summed E-state index contributed by atoms with van der Waals surface area (Å²) in [6, 6.07) is 6.12. The molecule has 0 aliphatic carbocycles. The Labute approximate surface area is 120 Å². The minimum Gasteiger partial charge on any atom is -0.350 e. The van der Waals surface area contributed by atoms with E-state index in [0.29, 0.717) is 10.8 Å². The van der Waals surface area contributed by atoms with E-state index in [1.807, 2.05) is 38.3 Å². The van der Waals surface area contributed by atoms with Gasteiger partial charge in [-0.3, -0.25) is 10.1 Å². The normalized spacial score (nSPS) is 10.9. The van der Waals surface area contributed by atoms with Crippen molar-refractivity contribution in [3.63, 3.8) is 0 Å². The number of aromatic amines is 1. The second-order valence-electron chi connectivity index (χ2n) is 4.92. The van der Waals surface area contributed by atoms with Crippen molar-refractivity contribution in [3.05, 3.63) is 46.1 Å². The number of carbonyl (C=O) groups excluding carboxylic acids is 1. The number of hydrogen-bond donors (Lipinski definition) is 2. The number of anilines is 1. The third-order valence-corrected chi connectivity index (χ3v) is 4.16. The second kappa shape index (κ2) is 4.76. The van der Waals surface area contributed by atoms with Gasteiger partial charge in [0.15, 0.2) is 5.13 Å². The molecule has 0 radical (unpaired) electrons. The predicted molar refractivity (Wildman–Crippen MR) is 82.6 cm³/mol. The van der Waals surface area contributed by atoms with Crippen molar-refractivity contribution in [3.8, 4) is 0 Å². The third-order valence-electron chi connectivity index (χ3n) is 3.28. The van der Waals surface area contributed by atoms with Crippen LogP contribution in [0.2, 0.25) is 0 Å². The molecule has 2 aromatic heterocycles. The standard InChI is InChI=1S/C15H15N3OS/c1-8-4-5-12-11(6-8)10(3)13(17-12)14(19)18-15-16-9(2)7-20-15/h4-7,17H,1-3H3,(H,16,18,19). The first-order valence-electron chi connectivity index (χ1n) is 6.37. The summed E-state index contributed by atoms with van der Waals surface area (Å²) in [5.41, 5.74) is 4.64. The highest BCUT2D eigenvalue weighted by molar-refractivity contribution is 7.13. The predicted octanol–water partition coefficient (Wildman–Crippen LogP) is 3.80. The molecule has 1 amide bonds. The Kier molecular flexibility index (Phi) is 3.06. The summed E-state index contributed by atoms with van der Waals surface area (Å²) in [5.74, 6) is -0.147. The number of aromatic nitrogens is 2. The van der Waals surface area contributed by atoms with Crippen LogP contribution in [0, 0.1) is 20.8 Å². The molecule has 3 rings (SSSR count). The minimum atomic E-state index is -0.147. The molecule has 0 fully saturated rings. The molecule has 0 aliphatic heterocycles. The Balaban J connectivity index is 1.97. The molecular formula is C15H15N3OS. The number of nitrogens with one attached hydrogen (secondary N) is 2. The summed E-state index contributed by atoms with van der Waals surface area (Å²) in [6.45, 7) is 5.91. The monoisotopic (exact) mass is 285 g/mol. The maximum absolute atomic E-state index is 12.3. The minimum absolute atomic E-state index is 0.147. The number of rotatable bonds is 2. The van der Waals surface area contributed by atoms with E-state index < -0.39 is 0 Å². The van der Waals surface area contributed by atoms with Gasteiger partial charge in [0.25, 0.3) is 5.91 Å². The van der Waals surface area contributed by atoms with Crippen molar-refractivity contribution >= 4 is 33.3 Å². The van der Waals surface area contributed by atoms with Gasteiger partial charge in [0.05, 0.1) is 5.69 Å². The number of hydrogen-bond acceptors (Lipinski definition) is 3. The molecule has 0 spiro atoms. The molecule has 2 heterocycles. The average Bonchev–Trinajstić information content (AvgIpc) is 2.94. The molecule has 0 saturated heterocycles. The summed E-state index contributed by atoms with van der Waals surface area (Å²) in [7, 11) is 0. The Morgan fingerprint density at radius 2 is 2.10 bits per heavy atom. The highest BCUT2D eigenvalue weighted by Crippen LogP contribution is 2.24. The zero-order chi connectivity index (χ0) is 14.3. The van der Waals surface area contributed by atoms with Crippen molar-refractivity contribution in [2.24, 2.45) is 0 Å². The molecule has 2 N–H and O–H groups in total. The van der Waals surface area contributed by atoms with Crippen LogP contribution >= 0.6 is 11.3 Å². The highest BCUT2D eigenvalue weighted by Gasteiger charge is 2.15. The summed E-state index contributed by atoms with van der Waals surface area (Å²) in [5, 5.41) is 6.46. The van der Waals surface area contributed by atoms with Crippen LogP contribution in [0.1, 0.15) is 27.3 Å². The molecule has 0 atom stereocenters. The summed E-state index contributed by atoms with van der Waals surface area (Å²) in [6.07, 6.45) is 0. The Morgan fingerprint density at radius 1 is 1.30 bits per heavy atom. The van der Waals surface area contributed by atoms with Crippen molar-refractivity contribution in [2.75, 3.05) is 5.32 Å². The topological polar surface area (TPSA) is 57.8 Å². The van der Waals surface area contributed by atoms with Crippen LogP contribution in [0.5, 0.6) is 0 Å². The van der Waals surface area contributed by atoms with Crippen molar-refractivity contribution in [1.29, 1.82) is 0 Å². The Morgan fingerprint density at radius 3 is 2.80 bits per heavy atom. The zero-order valence-corrected chi connectivity index (χ0v) is 12.4. The average molecular weight is 285 g/mol. The number of H-pyrrole nitrogens is 1. The van der Waals surface area contributed by atoms with Gasteiger partial charge in [-0.25, -0.2) is 4.98 Å². The molecule has 0 unspecified atom stereocenters. The van der Waals surface area contributed by atoms with Gasteiger partial charge < -0.3 is 4.98 Å². The summed E-state index contributed by atoms with van der Waals surface area (Å²) < 4.78 is 0. The molecule has 5 heteroatoms. The van der Waals surface area contributed by atoms with Gasteiger partial charge in [-0.2, -0.15) is 0 Å². The fraction of sp³-hybridized carbons (Fsp3) is 0.200. The summed E-state index contributed by atoms with van der Waals surface area (Å²) in [4.78, 5) is 19.8. The SMILES string of the molecule is Cc1ccc2[nH]c(C(=O)Nc3nc(C)cs3)c(C)c2c1. The lowest BCUT2D eigenvalue weighted by molar-refractivity contribution is 0.102. The molecule has 1 aromatic carbocycles. The molecule has 4 nitrogen and oxygen atoms in total. The van der Waals surface area contributed by atoms with Crippen LogP contribution in [-0.4, -0.2) is 15.9 Å². The lowest BCUT2D eigenvalue weighted by atomic mass is 10.1.